The molecule has 1 aliphatic carbocycles. The van der Waals surface area contributed by atoms with Crippen molar-refractivity contribution in [1.82, 2.24) is 15.6 Å². The molecule has 8 heteroatoms. The number of amides is 2. The molecular weight excluding hydrogens is 398 g/mol. The molecule has 0 radical (unpaired) electrons. The van der Waals surface area contributed by atoms with Gasteiger partial charge in [0.25, 0.3) is 0 Å². The van der Waals surface area contributed by atoms with E-state index in [9.17, 15) is 14.4 Å². The lowest BCUT2D eigenvalue weighted by molar-refractivity contribution is -0.138. The number of hydrogen-bond donors (Lipinski definition) is 2. The van der Waals surface area contributed by atoms with Crippen molar-refractivity contribution in [3.8, 4) is 0 Å². The molecule has 162 valence electrons. The molecule has 1 aliphatic heterocycles. The second-order valence-corrected chi connectivity index (χ2v) is 7.84. The molecule has 8 nitrogen and oxygen atoms in total. The first-order valence-corrected chi connectivity index (χ1v) is 10.5. The Kier molecular flexibility index (Phi) is 5.88. The number of pyridine rings is 1. The number of aryl methyl sites for hydroxylation is 1. The zero-order valence-electron chi connectivity index (χ0n) is 17.6. The first-order chi connectivity index (χ1) is 15.0. The lowest BCUT2D eigenvalue weighted by Gasteiger charge is -2.24. The van der Waals surface area contributed by atoms with Crippen LogP contribution in [0.4, 0.5) is 4.79 Å². The maximum Gasteiger partial charge on any atom is 0.339 e. The third-order valence-electron chi connectivity index (χ3n) is 5.63. The van der Waals surface area contributed by atoms with E-state index < -0.39 is 18.0 Å². The van der Waals surface area contributed by atoms with Gasteiger partial charge in [-0.15, -0.1) is 0 Å². The monoisotopic (exact) mass is 423 g/mol. The van der Waals surface area contributed by atoms with Crippen LogP contribution in [0.15, 0.2) is 35.5 Å². The number of nitrogens with zero attached hydrogens (tertiary/aromatic N) is 1. The Hall–Kier alpha value is -3.42. The van der Waals surface area contributed by atoms with Crippen LogP contribution in [-0.4, -0.2) is 42.7 Å². The number of carbonyl (C=O) groups is 3. The van der Waals surface area contributed by atoms with E-state index >= 15 is 0 Å². The van der Waals surface area contributed by atoms with E-state index in [4.69, 9.17) is 14.5 Å². The van der Waals surface area contributed by atoms with E-state index in [2.05, 4.69) is 17.6 Å². The summed E-state index contributed by atoms with van der Waals surface area (Å²) in [6, 6.07) is 7.06. The number of ether oxygens (including phenoxy) is 2. The Morgan fingerprint density at radius 1 is 1.19 bits per heavy atom. The summed E-state index contributed by atoms with van der Waals surface area (Å²) in [5.41, 5.74) is 3.61. The standard InChI is InChI=1S/C23H25N3O5/c1-3-30-21(27)16-11-24-23(29)26-19(16)12-31-22(28)20-14-6-4-5-7-17(14)25-18-9-8-13(2)10-15(18)20/h4-7,13H,3,8-12H2,1-2H3,(H2,24,26,29)/t13-/m0/s1. The summed E-state index contributed by atoms with van der Waals surface area (Å²) in [7, 11) is 0. The van der Waals surface area contributed by atoms with Gasteiger partial charge in [-0.2, -0.15) is 0 Å². The Bertz CT molecular complexity index is 1090. The van der Waals surface area contributed by atoms with Crippen molar-refractivity contribution in [1.29, 1.82) is 0 Å². The van der Waals surface area contributed by atoms with Gasteiger partial charge in [0.15, 0.2) is 0 Å². The molecule has 2 N–H and O–H groups in total. The lowest BCUT2D eigenvalue weighted by Crippen LogP contribution is -2.45. The largest absolute Gasteiger partial charge is 0.463 e. The number of urea groups is 1. The van der Waals surface area contributed by atoms with Crippen LogP contribution in [0.1, 0.15) is 41.9 Å². The Balaban J connectivity index is 1.66. The van der Waals surface area contributed by atoms with Crippen molar-refractivity contribution in [2.24, 2.45) is 5.92 Å². The summed E-state index contributed by atoms with van der Waals surface area (Å²) >= 11 is 0. The molecule has 0 bridgehead atoms. The zero-order chi connectivity index (χ0) is 22.0. The van der Waals surface area contributed by atoms with E-state index in [1.165, 1.54) is 0 Å². The topological polar surface area (TPSA) is 107 Å². The SMILES string of the molecule is CCOC(=O)C1=C(COC(=O)c2c3c(nc4ccccc24)CC[C@H](C)C3)NC(=O)NC1. The molecule has 0 fully saturated rings. The fourth-order valence-corrected chi connectivity index (χ4v) is 4.07. The minimum Gasteiger partial charge on any atom is -0.463 e. The number of fused-ring (bicyclic) bond motifs is 2. The lowest BCUT2D eigenvalue weighted by atomic mass is 9.84. The molecule has 2 aromatic rings. The van der Waals surface area contributed by atoms with Crippen LogP contribution < -0.4 is 10.6 Å². The second-order valence-electron chi connectivity index (χ2n) is 7.84. The molecule has 1 aromatic carbocycles. The summed E-state index contributed by atoms with van der Waals surface area (Å²) in [6.07, 6.45) is 2.61. The van der Waals surface area contributed by atoms with Gasteiger partial charge >= 0.3 is 18.0 Å². The molecule has 0 unspecified atom stereocenters. The predicted octanol–water partition coefficient (Wildman–Crippen LogP) is 2.65. The van der Waals surface area contributed by atoms with Gasteiger partial charge in [-0.3, -0.25) is 4.98 Å². The van der Waals surface area contributed by atoms with Crippen molar-refractivity contribution in [2.45, 2.75) is 33.1 Å². The summed E-state index contributed by atoms with van der Waals surface area (Å²) < 4.78 is 10.7. The minimum absolute atomic E-state index is 0.0165. The summed E-state index contributed by atoms with van der Waals surface area (Å²) in [6.45, 7) is 3.85. The highest BCUT2D eigenvalue weighted by Crippen LogP contribution is 2.32. The average Bonchev–Trinajstić information content (AvgIpc) is 2.76. The number of para-hydroxylation sites is 1. The Morgan fingerprint density at radius 3 is 2.81 bits per heavy atom. The Morgan fingerprint density at radius 2 is 2.00 bits per heavy atom. The van der Waals surface area contributed by atoms with Crippen molar-refractivity contribution in [2.75, 3.05) is 19.8 Å². The van der Waals surface area contributed by atoms with Crippen LogP contribution in [0.25, 0.3) is 10.9 Å². The van der Waals surface area contributed by atoms with Crippen LogP contribution in [0, 0.1) is 5.92 Å². The minimum atomic E-state index is -0.554. The molecule has 2 amide bonds. The van der Waals surface area contributed by atoms with Gasteiger partial charge in [0.1, 0.15) is 6.61 Å². The molecule has 31 heavy (non-hydrogen) atoms. The maximum absolute atomic E-state index is 13.2. The van der Waals surface area contributed by atoms with Crippen LogP contribution >= 0.6 is 0 Å². The third-order valence-corrected chi connectivity index (χ3v) is 5.63. The molecule has 1 atom stereocenters. The number of nitrogens with one attached hydrogen (secondary N) is 2. The van der Waals surface area contributed by atoms with Crippen LogP contribution in [-0.2, 0) is 27.1 Å². The number of esters is 2. The molecule has 4 rings (SSSR count). The van der Waals surface area contributed by atoms with Crippen LogP contribution in [0.5, 0.6) is 0 Å². The van der Waals surface area contributed by atoms with Crippen molar-refractivity contribution in [3.05, 3.63) is 52.4 Å². The fourth-order valence-electron chi connectivity index (χ4n) is 4.07. The van der Waals surface area contributed by atoms with E-state index in [1.54, 1.807) is 6.92 Å². The molecular formula is C23H25N3O5. The second kappa shape index (κ2) is 8.75. The molecule has 1 aromatic heterocycles. The molecule has 2 heterocycles. The molecule has 0 saturated carbocycles. The van der Waals surface area contributed by atoms with Crippen molar-refractivity contribution >= 4 is 28.9 Å². The summed E-state index contributed by atoms with van der Waals surface area (Å²) in [5.74, 6) is -0.599. The highest BCUT2D eigenvalue weighted by Gasteiger charge is 2.28. The van der Waals surface area contributed by atoms with Gasteiger partial charge in [-0.1, -0.05) is 25.1 Å². The first-order valence-electron chi connectivity index (χ1n) is 10.5. The number of rotatable bonds is 5. The Labute approximate surface area is 180 Å². The zero-order valence-corrected chi connectivity index (χ0v) is 17.6. The van der Waals surface area contributed by atoms with E-state index in [1.807, 2.05) is 24.3 Å². The molecule has 0 spiro atoms. The number of carbonyl (C=O) groups excluding carboxylic acids is 3. The smallest absolute Gasteiger partial charge is 0.339 e. The normalized spacial score (nSPS) is 18.1. The quantitative estimate of drug-likeness (QED) is 0.716. The van der Waals surface area contributed by atoms with Gasteiger partial charge in [-0.25, -0.2) is 14.4 Å². The van der Waals surface area contributed by atoms with Gasteiger partial charge in [0.05, 0.1) is 35.5 Å². The highest BCUT2D eigenvalue weighted by molar-refractivity contribution is 6.05. The van der Waals surface area contributed by atoms with Crippen LogP contribution in [0.2, 0.25) is 0 Å². The average molecular weight is 423 g/mol. The number of aromatic nitrogens is 1. The third kappa shape index (κ3) is 4.23. The van der Waals surface area contributed by atoms with Gasteiger partial charge in [-0.05, 0) is 43.7 Å². The predicted molar refractivity (Wildman–Crippen MR) is 113 cm³/mol. The van der Waals surface area contributed by atoms with E-state index in [-0.39, 0.29) is 31.0 Å². The number of benzene rings is 1. The van der Waals surface area contributed by atoms with Crippen LogP contribution in [0.3, 0.4) is 0 Å². The van der Waals surface area contributed by atoms with E-state index in [0.717, 1.165) is 41.4 Å². The summed E-state index contributed by atoms with van der Waals surface area (Å²) in [5, 5.41) is 5.84. The number of hydrogen-bond acceptors (Lipinski definition) is 6. The van der Waals surface area contributed by atoms with Gasteiger partial charge < -0.3 is 20.1 Å². The highest BCUT2D eigenvalue weighted by atomic mass is 16.5. The van der Waals surface area contributed by atoms with Gasteiger partial charge in [0, 0.05) is 11.1 Å². The van der Waals surface area contributed by atoms with Gasteiger partial charge in [0.2, 0.25) is 0 Å². The maximum atomic E-state index is 13.2. The van der Waals surface area contributed by atoms with Crippen molar-refractivity contribution < 1.29 is 23.9 Å². The first kappa shape index (κ1) is 20.8. The van der Waals surface area contributed by atoms with E-state index in [0.29, 0.717) is 11.5 Å². The summed E-state index contributed by atoms with van der Waals surface area (Å²) in [4.78, 5) is 42.0. The molecule has 0 saturated heterocycles. The van der Waals surface area contributed by atoms with Crippen molar-refractivity contribution in [3.63, 3.8) is 0 Å². The molecule has 2 aliphatic rings. The fraction of sp³-hybridized carbons (Fsp3) is 0.391.